The molecule has 0 aromatic rings. The molecule has 0 atom stereocenters. The monoisotopic (exact) mass is 186 g/mol. The third kappa shape index (κ3) is 3.46. The highest BCUT2D eigenvalue weighted by Gasteiger charge is 2.29. The van der Waals surface area contributed by atoms with Crippen molar-refractivity contribution in [1.29, 1.82) is 0 Å². The summed E-state index contributed by atoms with van der Waals surface area (Å²) in [5.74, 6) is 0. The summed E-state index contributed by atoms with van der Waals surface area (Å²) >= 11 is 11.3. The highest BCUT2D eigenvalue weighted by Crippen LogP contribution is 2.18. The molecule has 0 N–H and O–H groups in total. The molecular formula is C5H12Cl2OSi. The van der Waals surface area contributed by atoms with Crippen LogP contribution in [0, 0.1) is 0 Å². The Labute approximate surface area is 67.4 Å². The van der Waals surface area contributed by atoms with E-state index >= 15 is 0 Å². The molecular weight excluding hydrogens is 175 g/mol. The fourth-order valence-corrected chi connectivity index (χ4v) is 1.68. The lowest BCUT2D eigenvalue weighted by molar-refractivity contribution is 0.331. The second kappa shape index (κ2) is 3.81. The number of alkyl halides is 2. The van der Waals surface area contributed by atoms with E-state index in [2.05, 4.69) is 0 Å². The summed E-state index contributed by atoms with van der Waals surface area (Å²) < 4.78 is 5.04. The third-order valence-corrected chi connectivity index (χ3v) is 6.28. The molecule has 0 rings (SSSR count). The second-order valence-corrected chi connectivity index (χ2v) is 8.24. The summed E-state index contributed by atoms with van der Waals surface area (Å²) in [6.45, 7) is 6.66. The summed E-state index contributed by atoms with van der Waals surface area (Å²) in [6.07, 6.45) is 0. The van der Waals surface area contributed by atoms with Crippen LogP contribution >= 0.6 is 23.2 Å². The van der Waals surface area contributed by atoms with Crippen molar-refractivity contribution in [1.82, 2.24) is 0 Å². The van der Waals surface area contributed by atoms with Gasteiger partial charge in [-0.1, -0.05) is 0 Å². The Morgan fingerprint density at radius 3 is 2.00 bits per heavy atom. The van der Waals surface area contributed by atoms with E-state index in [9.17, 15) is 0 Å². The third-order valence-electron chi connectivity index (χ3n) is 1.04. The summed E-state index contributed by atoms with van der Waals surface area (Å²) in [7, 11) is -1.75. The largest absolute Gasteiger partial charge is 0.415 e. The van der Waals surface area contributed by atoms with Crippen LogP contribution in [0.3, 0.4) is 0 Å². The maximum atomic E-state index is 5.65. The zero-order valence-electron chi connectivity index (χ0n) is 5.95. The van der Waals surface area contributed by atoms with Crippen LogP contribution in [0.15, 0.2) is 0 Å². The average Bonchev–Trinajstić information content (AvgIpc) is 1.65. The van der Waals surface area contributed by atoms with Gasteiger partial charge in [0.1, 0.15) is 4.46 Å². The van der Waals surface area contributed by atoms with Crippen LogP contribution in [0.1, 0.15) is 6.92 Å². The van der Waals surface area contributed by atoms with Crippen LogP contribution in [-0.4, -0.2) is 19.4 Å². The van der Waals surface area contributed by atoms with E-state index in [0.717, 1.165) is 0 Å². The molecule has 0 saturated heterocycles. The molecule has 0 aliphatic carbocycles. The van der Waals surface area contributed by atoms with Gasteiger partial charge in [0.2, 0.25) is 8.32 Å². The molecule has 0 aliphatic rings. The molecule has 0 aromatic heterocycles. The highest BCUT2D eigenvalue weighted by molar-refractivity contribution is 6.87. The Morgan fingerprint density at radius 1 is 1.44 bits per heavy atom. The molecule has 0 radical (unpaired) electrons. The van der Waals surface area contributed by atoms with Crippen molar-refractivity contribution in [2.75, 3.05) is 6.61 Å². The summed E-state index contributed by atoms with van der Waals surface area (Å²) in [4.78, 5) is 0. The normalized spacial score (nSPS) is 12.7. The topological polar surface area (TPSA) is 9.23 Å². The predicted octanol–water partition coefficient (Wildman–Crippen LogP) is 2.57. The van der Waals surface area contributed by atoms with Crippen LogP contribution in [0.4, 0.5) is 0 Å². The molecule has 0 saturated carbocycles. The van der Waals surface area contributed by atoms with Gasteiger partial charge in [-0.25, -0.2) is 0 Å². The van der Waals surface area contributed by atoms with Crippen molar-refractivity contribution in [3.63, 3.8) is 0 Å². The van der Waals surface area contributed by atoms with Crippen LogP contribution < -0.4 is 0 Å². The molecule has 0 heterocycles. The van der Waals surface area contributed by atoms with Gasteiger partial charge in [0.25, 0.3) is 0 Å². The van der Waals surface area contributed by atoms with Crippen molar-refractivity contribution >= 4 is 31.5 Å². The van der Waals surface area contributed by atoms with E-state index in [4.69, 9.17) is 27.6 Å². The molecule has 4 heteroatoms. The second-order valence-electron chi connectivity index (χ2n) is 2.34. The maximum absolute atomic E-state index is 5.65. The maximum Gasteiger partial charge on any atom is 0.220 e. The van der Waals surface area contributed by atoms with Crippen molar-refractivity contribution in [3.8, 4) is 0 Å². The zero-order chi connectivity index (χ0) is 7.49. The lowest BCUT2D eigenvalue weighted by Crippen LogP contribution is -2.38. The van der Waals surface area contributed by atoms with Gasteiger partial charge in [0.05, 0.1) is 0 Å². The predicted molar refractivity (Wildman–Crippen MR) is 44.6 cm³/mol. The summed E-state index contributed by atoms with van der Waals surface area (Å²) in [5.41, 5.74) is 0. The summed E-state index contributed by atoms with van der Waals surface area (Å²) in [5, 5.41) is 0. The first-order valence-corrected chi connectivity index (χ1v) is 6.78. The molecule has 0 aromatic carbocycles. The van der Waals surface area contributed by atoms with E-state index in [-0.39, 0.29) is 4.46 Å². The molecule has 9 heavy (non-hydrogen) atoms. The van der Waals surface area contributed by atoms with E-state index in [0.29, 0.717) is 6.61 Å². The molecule has 0 fully saturated rings. The molecule has 0 bridgehead atoms. The first-order valence-electron chi connectivity index (χ1n) is 2.93. The summed E-state index contributed by atoms with van der Waals surface area (Å²) in [6, 6.07) is 0. The molecule has 0 aliphatic heterocycles. The minimum absolute atomic E-state index is 0.322. The van der Waals surface area contributed by atoms with Gasteiger partial charge in [-0.15, -0.1) is 23.2 Å². The van der Waals surface area contributed by atoms with Gasteiger partial charge in [-0.3, -0.25) is 0 Å². The first kappa shape index (κ1) is 9.76. The van der Waals surface area contributed by atoms with Crippen LogP contribution in [0.25, 0.3) is 0 Å². The highest BCUT2D eigenvalue weighted by atomic mass is 35.5. The van der Waals surface area contributed by atoms with Gasteiger partial charge in [-0.2, -0.15) is 0 Å². The van der Waals surface area contributed by atoms with Gasteiger partial charge in [0, 0.05) is 6.61 Å². The Balaban J connectivity index is 3.70. The average molecular weight is 187 g/mol. The van der Waals surface area contributed by atoms with Gasteiger partial charge < -0.3 is 4.43 Å². The van der Waals surface area contributed by atoms with Crippen molar-refractivity contribution in [2.45, 2.75) is 24.5 Å². The number of hydrogen-bond donors (Lipinski definition) is 0. The Morgan fingerprint density at radius 2 is 1.89 bits per heavy atom. The van der Waals surface area contributed by atoms with E-state index < -0.39 is 8.32 Å². The minimum Gasteiger partial charge on any atom is -0.415 e. The lowest BCUT2D eigenvalue weighted by atomic mass is 10.9. The number of rotatable bonds is 3. The standard InChI is InChI=1S/C5H12Cl2OSi/c1-4-8-9(2,3)5(6)7/h5H,4H2,1-3H3. The van der Waals surface area contributed by atoms with Gasteiger partial charge in [0.15, 0.2) is 0 Å². The fraction of sp³-hybridized carbons (Fsp3) is 1.00. The van der Waals surface area contributed by atoms with Gasteiger partial charge in [-0.05, 0) is 20.0 Å². The van der Waals surface area contributed by atoms with Gasteiger partial charge >= 0.3 is 0 Å². The number of hydrogen-bond acceptors (Lipinski definition) is 1. The minimum atomic E-state index is -1.75. The zero-order valence-corrected chi connectivity index (χ0v) is 8.46. The van der Waals surface area contributed by atoms with Crippen LogP contribution in [0.2, 0.25) is 13.1 Å². The molecule has 0 unspecified atom stereocenters. The Hall–Kier alpha value is 0.757. The molecule has 1 nitrogen and oxygen atoms in total. The number of halogens is 2. The van der Waals surface area contributed by atoms with E-state index in [1.54, 1.807) is 0 Å². The van der Waals surface area contributed by atoms with Crippen LogP contribution in [0.5, 0.6) is 0 Å². The van der Waals surface area contributed by atoms with Crippen molar-refractivity contribution in [3.05, 3.63) is 0 Å². The fourth-order valence-electron chi connectivity index (χ4n) is 0.435. The Bertz CT molecular complexity index is 85.0. The first-order chi connectivity index (χ1) is 4.00. The lowest BCUT2D eigenvalue weighted by Gasteiger charge is -2.22. The van der Waals surface area contributed by atoms with E-state index in [1.165, 1.54) is 0 Å². The van der Waals surface area contributed by atoms with Crippen molar-refractivity contribution < 1.29 is 4.43 Å². The van der Waals surface area contributed by atoms with Crippen LogP contribution in [-0.2, 0) is 4.43 Å². The van der Waals surface area contributed by atoms with E-state index in [1.807, 2.05) is 20.0 Å². The SMILES string of the molecule is CCO[Si](C)(C)C(Cl)Cl. The molecule has 56 valence electrons. The molecule has 0 amide bonds. The smallest absolute Gasteiger partial charge is 0.220 e. The quantitative estimate of drug-likeness (QED) is 0.487. The Kier molecular flexibility index (Phi) is 4.13. The molecule has 0 spiro atoms. The van der Waals surface area contributed by atoms with Crippen molar-refractivity contribution in [2.24, 2.45) is 0 Å².